The maximum atomic E-state index is 14.1. The minimum atomic E-state index is -4.68. The van der Waals surface area contributed by atoms with Gasteiger partial charge in [-0.15, -0.1) is 0 Å². The summed E-state index contributed by atoms with van der Waals surface area (Å²) < 4.78 is 52.9. The molecule has 0 atom stereocenters. The summed E-state index contributed by atoms with van der Waals surface area (Å²) in [5.41, 5.74) is 1.22. The molecule has 0 saturated carbocycles. The number of rotatable bonds is 7. The molecule has 0 unspecified atom stereocenters. The van der Waals surface area contributed by atoms with Crippen LogP contribution in [0.5, 0.6) is 0 Å². The summed E-state index contributed by atoms with van der Waals surface area (Å²) in [6, 6.07) is 8.67. The molecule has 0 saturated heterocycles. The van der Waals surface area contributed by atoms with E-state index >= 15 is 0 Å². The Bertz CT molecular complexity index is 1340. The number of alkyl halides is 3. The smallest absolute Gasteiger partial charge is 0.324 e. The topological polar surface area (TPSA) is 95.6 Å². The molecule has 0 bridgehead atoms. The lowest BCUT2D eigenvalue weighted by Gasteiger charge is -2.12. The molecule has 7 nitrogen and oxygen atoms in total. The number of amides is 1. The molecule has 0 spiro atoms. The van der Waals surface area contributed by atoms with Crippen LogP contribution in [-0.2, 0) is 19.0 Å². The number of anilines is 3. The molecule has 180 valence electrons. The van der Waals surface area contributed by atoms with Gasteiger partial charge in [0.2, 0.25) is 0 Å². The van der Waals surface area contributed by atoms with Crippen molar-refractivity contribution in [2.75, 3.05) is 10.6 Å². The molecule has 2 aromatic carbocycles. The zero-order chi connectivity index (χ0) is 25.0. The van der Waals surface area contributed by atoms with Crippen LogP contribution in [0.2, 0.25) is 0 Å². The van der Waals surface area contributed by atoms with E-state index in [1.54, 1.807) is 36.8 Å². The van der Waals surface area contributed by atoms with Crippen molar-refractivity contribution in [3.05, 3.63) is 94.8 Å². The second-order valence-corrected chi connectivity index (χ2v) is 7.78. The normalized spacial score (nSPS) is 11.3. The largest absolute Gasteiger partial charge is 0.416 e. The number of carbonyl (C=O) groups is 1. The molecule has 2 aromatic heterocycles. The number of hydrogen-bond acceptors (Lipinski definition) is 5. The van der Waals surface area contributed by atoms with Crippen molar-refractivity contribution in [1.82, 2.24) is 20.2 Å². The molecule has 0 aliphatic carbocycles. The Labute approximate surface area is 197 Å². The molecule has 35 heavy (non-hydrogen) atoms. The summed E-state index contributed by atoms with van der Waals surface area (Å²) in [6.07, 6.45) is 1.20. The van der Waals surface area contributed by atoms with Crippen LogP contribution in [0.3, 0.4) is 0 Å². The first-order chi connectivity index (χ1) is 16.7. The van der Waals surface area contributed by atoms with E-state index in [4.69, 9.17) is 0 Å². The summed E-state index contributed by atoms with van der Waals surface area (Å²) in [5.74, 6) is -0.775. The second kappa shape index (κ2) is 9.92. The van der Waals surface area contributed by atoms with Gasteiger partial charge < -0.3 is 10.6 Å². The van der Waals surface area contributed by atoms with Crippen molar-refractivity contribution in [1.29, 1.82) is 0 Å². The number of hydrogen-bond donors (Lipinski definition) is 3. The van der Waals surface area contributed by atoms with Crippen LogP contribution < -0.4 is 10.6 Å². The quantitative estimate of drug-likeness (QED) is 0.303. The Hall–Kier alpha value is -4.28. The van der Waals surface area contributed by atoms with Crippen molar-refractivity contribution in [3.8, 4) is 0 Å². The first-order valence-corrected chi connectivity index (χ1v) is 10.5. The van der Waals surface area contributed by atoms with Gasteiger partial charge in [0.25, 0.3) is 5.91 Å². The number of nitrogens with zero attached hydrogens (tertiary/aromatic N) is 3. The first-order valence-electron chi connectivity index (χ1n) is 10.5. The van der Waals surface area contributed by atoms with Crippen LogP contribution in [-0.4, -0.2) is 26.1 Å². The number of aromatic nitrogens is 4. The lowest BCUT2D eigenvalue weighted by molar-refractivity contribution is -0.137. The summed E-state index contributed by atoms with van der Waals surface area (Å²) >= 11 is 0. The molecule has 4 rings (SSSR count). The molecule has 0 fully saturated rings. The van der Waals surface area contributed by atoms with E-state index in [-0.39, 0.29) is 0 Å². The Morgan fingerprint density at radius 1 is 1.06 bits per heavy atom. The van der Waals surface area contributed by atoms with Crippen molar-refractivity contribution in [3.63, 3.8) is 0 Å². The van der Waals surface area contributed by atoms with Gasteiger partial charge in [0, 0.05) is 24.1 Å². The minimum absolute atomic E-state index is 0.347. The second-order valence-electron chi connectivity index (χ2n) is 7.78. The highest BCUT2D eigenvalue weighted by Gasteiger charge is 2.32. The molecule has 2 heterocycles. The fourth-order valence-corrected chi connectivity index (χ4v) is 3.41. The third-order valence-electron chi connectivity index (χ3n) is 5.25. The third kappa shape index (κ3) is 5.99. The predicted molar refractivity (Wildman–Crippen MR) is 122 cm³/mol. The van der Waals surface area contributed by atoms with Gasteiger partial charge in [0.15, 0.2) is 0 Å². The highest BCUT2D eigenvalue weighted by molar-refractivity contribution is 6.04. The fraction of sp³-hybridized carbons (Fsp3) is 0.167. The van der Waals surface area contributed by atoms with Crippen molar-refractivity contribution in [2.24, 2.45) is 0 Å². The zero-order valence-corrected chi connectivity index (χ0v) is 18.4. The SMILES string of the molecule is Cc1ccc(NC(=O)c2cc(C(F)(F)F)ccc2F)cc1CCc1cc(Nc2cnccn2)[nH]n1. The number of carbonyl (C=O) groups excluding carboxylic acids is 1. The van der Waals surface area contributed by atoms with Crippen LogP contribution in [0.25, 0.3) is 0 Å². The summed E-state index contributed by atoms with van der Waals surface area (Å²) in [6.45, 7) is 1.90. The predicted octanol–water partition coefficient (Wildman–Crippen LogP) is 5.45. The Kier molecular flexibility index (Phi) is 6.76. The van der Waals surface area contributed by atoms with Crippen LogP contribution >= 0.6 is 0 Å². The van der Waals surface area contributed by atoms with E-state index in [1.807, 2.05) is 13.0 Å². The number of aryl methyl sites for hydroxylation is 3. The monoisotopic (exact) mass is 484 g/mol. The maximum Gasteiger partial charge on any atom is 0.416 e. The van der Waals surface area contributed by atoms with Gasteiger partial charge in [0.1, 0.15) is 17.5 Å². The third-order valence-corrected chi connectivity index (χ3v) is 5.25. The summed E-state index contributed by atoms with van der Waals surface area (Å²) in [7, 11) is 0. The van der Waals surface area contributed by atoms with Crippen LogP contribution in [0.1, 0.15) is 32.7 Å². The van der Waals surface area contributed by atoms with Crippen molar-refractivity contribution < 1.29 is 22.4 Å². The molecule has 0 radical (unpaired) electrons. The number of halogens is 4. The average Bonchev–Trinajstić information content (AvgIpc) is 3.26. The van der Waals surface area contributed by atoms with E-state index in [0.29, 0.717) is 48.4 Å². The summed E-state index contributed by atoms with van der Waals surface area (Å²) in [5, 5.41) is 12.7. The highest BCUT2D eigenvalue weighted by Crippen LogP contribution is 2.30. The maximum absolute atomic E-state index is 14.1. The van der Waals surface area contributed by atoms with Gasteiger partial charge in [-0.3, -0.25) is 14.9 Å². The number of nitrogens with one attached hydrogen (secondary N) is 3. The molecule has 0 aliphatic heterocycles. The first kappa shape index (κ1) is 23.9. The molecular formula is C24H20F4N6O. The van der Waals surface area contributed by atoms with Gasteiger partial charge in [0.05, 0.1) is 23.0 Å². The van der Waals surface area contributed by atoms with Crippen LogP contribution in [0.4, 0.5) is 34.9 Å². The number of H-pyrrole nitrogens is 1. The zero-order valence-electron chi connectivity index (χ0n) is 18.4. The fourth-order valence-electron chi connectivity index (χ4n) is 3.41. The standard InChI is InChI=1S/C24H20F4N6O/c1-14-2-5-17(31-23(35)19-11-16(24(26,27)28)4-7-20(19)25)10-15(14)3-6-18-12-21(34-33-18)32-22-13-29-8-9-30-22/h2,4-5,7-13H,3,6H2,1H3,(H,31,35)(H2,30,32,33,34). The highest BCUT2D eigenvalue weighted by atomic mass is 19.4. The van der Waals surface area contributed by atoms with E-state index < -0.39 is 29.0 Å². The Balaban J connectivity index is 1.43. The number of benzene rings is 2. The molecule has 3 N–H and O–H groups in total. The van der Waals surface area contributed by atoms with Gasteiger partial charge >= 0.3 is 6.18 Å². The van der Waals surface area contributed by atoms with Crippen molar-refractivity contribution >= 4 is 23.2 Å². The Morgan fingerprint density at radius 3 is 2.63 bits per heavy atom. The molecule has 11 heteroatoms. The lowest BCUT2D eigenvalue weighted by Crippen LogP contribution is -2.16. The van der Waals surface area contributed by atoms with E-state index in [0.717, 1.165) is 16.8 Å². The van der Waals surface area contributed by atoms with Crippen molar-refractivity contribution in [2.45, 2.75) is 25.9 Å². The number of aromatic amines is 1. The van der Waals surface area contributed by atoms with E-state index in [9.17, 15) is 22.4 Å². The molecule has 1 amide bonds. The molecular weight excluding hydrogens is 464 g/mol. The van der Waals surface area contributed by atoms with Crippen LogP contribution in [0, 0.1) is 12.7 Å². The van der Waals surface area contributed by atoms with E-state index in [2.05, 4.69) is 30.8 Å². The molecule has 4 aromatic rings. The van der Waals surface area contributed by atoms with Gasteiger partial charge in [-0.2, -0.15) is 18.3 Å². The van der Waals surface area contributed by atoms with Crippen LogP contribution in [0.15, 0.2) is 61.1 Å². The van der Waals surface area contributed by atoms with Gasteiger partial charge in [-0.25, -0.2) is 9.37 Å². The average molecular weight is 484 g/mol. The molecule has 0 aliphatic rings. The lowest BCUT2D eigenvalue weighted by atomic mass is 10.0. The Morgan fingerprint density at radius 2 is 1.89 bits per heavy atom. The van der Waals surface area contributed by atoms with E-state index in [1.165, 1.54) is 0 Å². The van der Waals surface area contributed by atoms with Gasteiger partial charge in [-0.05, 0) is 61.2 Å². The van der Waals surface area contributed by atoms with Gasteiger partial charge in [-0.1, -0.05) is 6.07 Å². The summed E-state index contributed by atoms with van der Waals surface area (Å²) in [4.78, 5) is 20.6. The minimum Gasteiger partial charge on any atom is -0.324 e.